The molecule has 0 radical (unpaired) electrons. The maximum atomic E-state index is 13.3. The van der Waals surface area contributed by atoms with Crippen LogP contribution in [-0.4, -0.2) is 45.9 Å². The van der Waals surface area contributed by atoms with Crippen molar-refractivity contribution >= 4 is 29.9 Å². The van der Waals surface area contributed by atoms with E-state index in [9.17, 15) is 14.4 Å². The average molecular weight is 571 g/mol. The Kier molecular flexibility index (Phi) is 10.7. The maximum Gasteiger partial charge on any atom is 0.437 e. The summed E-state index contributed by atoms with van der Waals surface area (Å²) in [6.07, 6.45) is -2.78. The van der Waals surface area contributed by atoms with Crippen LogP contribution in [0.2, 0.25) is 0 Å². The molecule has 0 unspecified atom stereocenters. The molecule has 2 rings (SSSR count). The van der Waals surface area contributed by atoms with E-state index in [0.29, 0.717) is 17.0 Å². The highest BCUT2D eigenvalue weighted by Gasteiger charge is 2.30. The van der Waals surface area contributed by atoms with Gasteiger partial charge >= 0.3 is 18.3 Å². The molecule has 11 nitrogen and oxygen atoms in total. The van der Waals surface area contributed by atoms with E-state index in [0.717, 1.165) is 10.5 Å². The Morgan fingerprint density at radius 1 is 0.805 bits per heavy atom. The number of alkyl carbamates (subject to hydrolysis) is 1. The highest BCUT2D eigenvalue weighted by molar-refractivity contribution is 6.04. The van der Waals surface area contributed by atoms with Crippen LogP contribution in [0.1, 0.15) is 73.4 Å². The number of benzene rings is 2. The number of amides is 3. The van der Waals surface area contributed by atoms with Crippen molar-refractivity contribution in [1.29, 1.82) is 0 Å². The van der Waals surface area contributed by atoms with Crippen LogP contribution in [0.5, 0.6) is 5.75 Å². The molecule has 0 spiro atoms. The molecule has 0 heterocycles. The van der Waals surface area contributed by atoms with Crippen LogP contribution >= 0.6 is 0 Å². The number of para-hydroxylation sites is 1. The van der Waals surface area contributed by atoms with Crippen LogP contribution in [0.15, 0.2) is 53.5 Å². The summed E-state index contributed by atoms with van der Waals surface area (Å²) in [6.45, 7) is 15.3. The average Bonchev–Trinajstić information content (AvgIpc) is 2.79. The summed E-state index contributed by atoms with van der Waals surface area (Å²) in [5, 5.41) is 2.41. The van der Waals surface area contributed by atoms with Crippen molar-refractivity contribution in [3.8, 4) is 5.75 Å². The van der Waals surface area contributed by atoms with Crippen molar-refractivity contribution in [1.82, 2.24) is 10.2 Å². The minimum Gasteiger partial charge on any atom is -0.489 e. The van der Waals surface area contributed by atoms with E-state index in [2.05, 4.69) is 10.3 Å². The number of carbonyl (C=O) groups is 3. The van der Waals surface area contributed by atoms with E-state index in [-0.39, 0.29) is 13.2 Å². The third kappa shape index (κ3) is 12.6. The van der Waals surface area contributed by atoms with Gasteiger partial charge in [0, 0.05) is 11.3 Å². The molecule has 0 saturated carbocycles. The molecule has 224 valence electrons. The van der Waals surface area contributed by atoms with Crippen molar-refractivity contribution in [3.63, 3.8) is 0 Å². The number of rotatable bonds is 5. The fourth-order valence-corrected chi connectivity index (χ4v) is 3.17. The number of hydrogen-bond donors (Lipinski definition) is 2. The lowest BCUT2D eigenvalue weighted by atomic mass is 10.2. The van der Waals surface area contributed by atoms with Crippen molar-refractivity contribution in [2.24, 2.45) is 4.99 Å². The number of nitrogens with one attached hydrogen (secondary N) is 1. The van der Waals surface area contributed by atoms with Gasteiger partial charge in [-0.05, 0) is 86.1 Å². The molecule has 0 bridgehead atoms. The molecule has 0 saturated heterocycles. The molecule has 41 heavy (non-hydrogen) atoms. The Labute approximate surface area is 242 Å². The van der Waals surface area contributed by atoms with Crippen LogP contribution in [0, 0.1) is 0 Å². The van der Waals surface area contributed by atoms with Gasteiger partial charge in [-0.2, -0.15) is 0 Å². The number of ether oxygens (including phenoxy) is 4. The zero-order valence-corrected chi connectivity index (χ0v) is 25.4. The molecule has 11 heteroatoms. The molecule has 0 fully saturated rings. The summed E-state index contributed by atoms with van der Waals surface area (Å²) < 4.78 is 22.0. The summed E-state index contributed by atoms with van der Waals surface area (Å²) in [4.78, 5) is 43.6. The molecule has 0 aromatic heterocycles. The van der Waals surface area contributed by atoms with Gasteiger partial charge in [-0.15, -0.1) is 4.99 Å². The first-order valence-corrected chi connectivity index (χ1v) is 13.2. The van der Waals surface area contributed by atoms with E-state index in [1.54, 1.807) is 92.6 Å². The second-order valence-corrected chi connectivity index (χ2v) is 12.2. The molecule has 0 atom stereocenters. The van der Waals surface area contributed by atoms with Gasteiger partial charge in [0.25, 0.3) is 0 Å². The number of guanidine groups is 1. The van der Waals surface area contributed by atoms with E-state index in [1.165, 1.54) is 0 Å². The topological polar surface area (TPSA) is 142 Å². The van der Waals surface area contributed by atoms with Gasteiger partial charge in [0.1, 0.15) is 29.2 Å². The van der Waals surface area contributed by atoms with E-state index >= 15 is 0 Å². The number of nitrogens with zero attached hydrogens (tertiary/aromatic N) is 2. The number of hydrogen-bond acceptors (Lipinski definition) is 8. The van der Waals surface area contributed by atoms with Gasteiger partial charge in [0.15, 0.2) is 0 Å². The normalized spacial score (nSPS) is 12.3. The van der Waals surface area contributed by atoms with Crippen molar-refractivity contribution in [3.05, 3.63) is 59.7 Å². The Morgan fingerprint density at radius 2 is 1.37 bits per heavy atom. The van der Waals surface area contributed by atoms with Crippen molar-refractivity contribution in [2.75, 3.05) is 5.73 Å². The van der Waals surface area contributed by atoms with Gasteiger partial charge in [-0.25, -0.2) is 19.3 Å². The Balaban J connectivity index is 2.38. The molecular weight excluding hydrogens is 528 g/mol. The van der Waals surface area contributed by atoms with Gasteiger partial charge in [-0.3, -0.25) is 5.32 Å². The molecular formula is C30H42N4O7. The molecule has 2 aromatic rings. The summed E-state index contributed by atoms with van der Waals surface area (Å²) in [5.74, 6) is 0.165. The number of anilines is 1. The van der Waals surface area contributed by atoms with Crippen LogP contribution in [0.4, 0.5) is 20.1 Å². The summed E-state index contributed by atoms with van der Waals surface area (Å²) in [6, 6.07) is 14.3. The zero-order valence-electron chi connectivity index (χ0n) is 25.4. The van der Waals surface area contributed by atoms with Crippen LogP contribution in [0.25, 0.3) is 0 Å². The second kappa shape index (κ2) is 13.4. The summed E-state index contributed by atoms with van der Waals surface area (Å²) in [5.41, 5.74) is 5.50. The Bertz CT molecular complexity index is 1240. The Hall–Kier alpha value is -4.28. The number of nitrogen functional groups attached to an aromatic ring is 1. The van der Waals surface area contributed by atoms with Gasteiger partial charge in [0.2, 0.25) is 5.96 Å². The lowest BCUT2D eigenvalue weighted by Gasteiger charge is -2.29. The SMILES string of the molecule is CC(C)(C)OC(=O)/N=C(/NC(=O)OC(C)(C)C)N(Cc1ccc(OCc2ccccc2N)cc1)C(=O)OC(C)(C)C. The molecule has 2 aromatic carbocycles. The molecule has 0 aliphatic rings. The minimum atomic E-state index is -1.01. The largest absolute Gasteiger partial charge is 0.489 e. The fourth-order valence-electron chi connectivity index (χ4n) is 3.17. The lowest BCUT2D eigenvalue weighted by Crippen LogP contribution is -2.50. The lowest BCUT2D eigenvalue weighted by molar-refractivity contribution is 0.0346. The van der Waals surface area contributed by atoms with Crippen LogP contribution in [0.3, 0.4) is 0 Å². The second-order valence-electron chi connectivity index (χ2n) is 12.2. The molecule has 3 N–H and O–H groups in total. The smallest absolute Gasteiger partial charge is 0.437 e. The number of carbonyl (C=O) groups excluding carboxylic acids is 3. The van der Waals surface area contributed by atoms with E-state index < -0.39 is 41.0 Å². The maximum absolute atomic E-state index is 13.3. The minimum absolute atomic E-state index is 0.113. The predicted octanol–water partition coefficient (Wildman–Crippen LogP) is 6.40. The molecule has 3 amide bonds. The van der Waals surface area contributed by atoms with E-state index in [4.69, 9.17) is 24.7 Å². The number of nitrogens with two attached hydrogens (primary N) is 1. The van der Waals surface area contributed by atoms with Crippen LogP contribution < -0.4 is 15.8 Å². The third-order valence-electron chi connectivity index (χ3n) is 4.79. The predicted molar refractivity (Wildman–Crippen MR) is 156 cm³/mol. The van der Waals surface area contributed by atoms with Crippen molar-refractivity contribution in [2.45, 2.75) is 92.3 Å². The first-order valence-electron chi connectivity index (χ1n) is 13.2. The Morgan fingerprint density at radius 3 is 1.90 bits per heavy atom. The first kappa shape index (κ1) is 32.9. The van der Waals surface area contributed by atoms with Crippen LogP contribution in [-0.2, 0) is 27.4 Å². The molecule has 0 aliphatic carbocycles. The fraction of sp³-hybridized carbons (Fsp3) is 0.467. The highest BCUT2D eigenvalue weighted by atomic mass is 16.6. The van der Waals surface area contributed by atoms with E-state index in [1.807, 2.05) is 18.2 Å². The highest BCUT2D eigenvalue weighted by Crippen LogP contribution is 2.20. The standard InChI is InChI=1S/C30H42N4O7/c1-28(2,3)39-25(35)32-24(33-26(36)40-29(4,5)6)34(27(37)41-30(7,8)9)18-20-14-16-22(17-15-20)38-19-21-12-10-11-13-23(21)31/h10-17H,18-19,31H2,1-9H3,(H,32,33,35,36). The van der Waals surface area contributed by atoms with Gasteiger partial charge in [0.05, 0.1) is 6.54 Å². The zero-order chi connectivity index (χ0) is 31.0. The summed E-state index contributed by atoms with van der Waals surface area (Å²) >= 11 is 0. The quantitative estimate of drug-likeness (QED) is 0.182. The van der Waals surface area contributed by atoms with Crippen molar-refractivity contribution < 1.29 is 33.3 Å². The van der Waals surface area contributed by atoms with Gasteiger partial charge < -0.3 is 24.7 Å². The number of aliphatic imine (C=N–C) groups is 1. The first-order chi connectivity index (χ1) is 18.8. The van der Waals surface area contributed by atoms with Gasteiger partial charge in [-0.1, -0.05) is 30.3 Å². The monoisotopic (exact) mass is 570 g/mol. The third-order valence-corrected chi connectivity index (χ3v) is 4.79. The summed E-state index contributed by atoms with van der Waals surface area (Å²) in [7, 11) is 0. The molecule has 0 aliphatic heterocycles.